The number of ether oxygens (including phenoxy) is 1. The summed E-state index contributed by atoms with van der Waals surface area (Å²) < 4.78 is 28.5. The van der Waals surface area contributed by atoms with E-state index >= 15 is 0 Å². The van der Waals surface area contributed by atoms with Crippen molar-refractivity contribution < 1.29 is 13.2 Å². The van der Waals surface area contributed by atoms with Crippen LogP contribution in [0.2, 0.25) is 0 Å². The quantitative estimate of drug-likeness (QED) is 0.795. The maximum Gasteiger partial charge on any atom is 0.236 e. The zero-order valence-electron chi connectivity index (χ0n) is 9.29. The van der Waals surface area contributed by atoms with Crippen molar-refractivity contribution in [1.82, 2.24) is 0 Å². The summed E-state index contributed by atoms with van der Waals surface area (Å²) in [5.74, 6) is 0.374. The van der Waals surface area contributed by atoms with Gasteiger partial charge in [0, 0.05) is 16.2 Å². The summed E-state index contributed by atoms with van der Waals surface area (Å²) in [5, 5.41) is 0. The van der Waals surface area contributed by atoms with Crippen molar-refractivity contribution in [1.29, 1.82) is 0 Å². The van der Waals surface area contributed by atoms with Crippen molar-refractivity contribution in [2.24, 2.45) is 0 Å². The molecule has 94 valence electrons. The van der Waals surface area contributed by atoms with Crippen LogP contribution in [0, 0.1) is 0 Å². The van der Waals surface area contributed by atoms with E-state index in [1.807, 2.05) is 6.07 Å². The minimum Gasteiger partial charge on any atom is -0.495 e. The first-order valence-corrected chi connectivity index (χ1v) is 8.49. The Morgan fingerprint density at radius 2 is 2.18 bits per heavy atom. The number of benzene rings is 1. The van der Waals surface area contributed by atoms with E-state index in [2.05, 4.69) is 15.9 Å². The molecule has 0 fully saturated rings. The van der Waals surface area contributed by atoms with Crippen LogP contribution in [0.4, 0.5) is 0 Å². The Morgan fingerprint density at radius 1 is 1.47 bits per heavy atom. The van der Waals surface area contributed by atoms with Crippen LogP contribution in [0.1, 0.15) is 23.1 Å². The summed E-state index contributed by atoms with van der Waals surface area (Å²) in [6, 6.07) is 1.89. The summed E-state index contributed by atoms with van der Waals surface area (Å²) in [7, 11) is 3.26. The highest BCUT2D eigenvalue weighted by Gasteiger charge is 2.22. The number of methoxy groups -OCH3 is 1. The molecule has 0 spiro atoms. The Bertz CT molecular complexity index is 554. The highest BCUT2D eigenvalue weighted by Crippen LogP contribution is 2.39. The molecule has 0 N–H and O–H groups in total. The molecular weight excluding hydrogens is 328 g/mol. The van der Waals surface area contributed by atoms with Crippen molar-refractivity contribution in [2.45, 2.75) is 25.0 Å². The lowest BCUT2D eigenvalue weighted by molar-refractivity contribution is 0.407. The first-order valence-electron chi connectivity index (χ1n) is 5.22. The predicted molar refractivity (Wildman–Crippen MR) is 71.2 cm³/mol. The molecule has 0 bridgehead atoms. The molecule has 1 aromatic carbocycles. The van der Waals surface area contributed by atoms with E-state index in [1.165, 1.54) is 18.2 Å². The third-order valence-corrected chi connectivity index (χ3v) is 4.72. The van der Waals surface area contributed by atoms with E-state index in [1.54, 1.807) is 0 Å². The number of hydrogen-bond donors (Lipinski definition) is 0. The minimum atomic E-state index is -3.57. The fourth-order valence-electron chi connectivity index (χ4n) is 2.24. The monoisotopic (exact) mass is 338 g/mol. The molecule has 0 radical (unpaired) electrons. The molecule has 0 aliphatic heterocycles. The largest absolute Gasteiger partial charge is 0.495 e. The Morgan fingerprint density at radius 3 is 2.76 bits per heavy atom. The second-order valence-corrected chi connectivity index (χ2v) is 7.63. The van der Waals surface area contributed by atoms with Crippen molar-refractivity contribution in [3.05, 3.63) is 27.2 Å². The summed E-state index contributed by atoms with van der Waals surface area (Å²) in [4.78, 5) is 0. The Hall–Kier alpha value is -0.260. The summed E-state index contributed by atoms with van der Waals surface area (Å²) in [5.41, 5.74) is 3.03. The van der Waals surface area contributed by atoms with Gasteiger partial charge in [0.25, 0.3) is 0 Å². The molecule has 6 heteroatoms. The molecule has 0 unspecified atom stereocenters. The summed E-state index contributed by atoms with van der Waals surface area (Å²) >= 11 is 3.49. The maximum atomic E-state index is 11.2. The third kappa shape index (κ3) is 2.77. The second-order valence-electron chi connectivity index (χ2n) is 4.06. The average Bonchev–Trinajstić information content (AvgIpc) is 2.64. The lowest BCUT2D eigenvalue weighted by Gasteiger charge is -2.13. The first kappa shape index (κ1) is 13.2. The molecule has 3 nitrogen and oxygen atoms in total. The van der Waals surface area contributed by atoms with E-state index in [9.17, 15) is 8.42 Å². The van der Waals surface area contributed by atoms with Crippen LogP contribution in [0.3, 0.4) is 0 Å². The van der Waals surface area contributed by atoms with Crippen LogP contribution in [0.5, 0.6) is 5.75 Å². The van der Waals surface area contributed by atoms with Crippen molar-refractivity contribution in [3.8, 4) is 5.75 Å². The van der Waals surface area contributed by atoms with E-state index in [4.69, 9.17) is 15.4 Å². The molecule has 2 rings (SSSR count). The molecule has 0 amide bonds. The Balaban J connectivity index is 2.55. The fraction of sp³-hybridized carbons (Fsp3) is 0.455. The molecule has 17 heavy (non-hydrogen) atoms. The van der Waals surface area contributed by atoms with Crippen molar-refractivity contribution >= 4 is 35.7 Å². The molecule has 0 atom stereocenters. The first-order chi connectivity index (χ1) is 7.92. The van der Waals surface area contributed by atoms with Gasteiger partial charge in [-0.3, -0.25) is 0 Å². The van der Waals surface area contributed by atoms with Crippen LogP contribution < -0.4 is 4.74 Å². The average molecular weight is 340 g/mol. The van der Waals surface area contributed by atoms with Crippen molar-refractivity contribution in [3.63, 3.8) is 0 Å². The van der Waals surface area contributed by atoms with Crippen LogP contribution in [-0.2, 0) is 27.6 Å². The van der Waals surface area contributed by atoms with Gasteiger partial charge >= 0.3 is 0 Å². The minimum absolute atomic E-state index is 0.205. The highest BCUT2D eigenvalue weighted by atomic mass is 79.9. The summed E-state index contributed by atoms with van der Waals surface area (Å²) in [6.07, 6.45) is 3.07. The predicted octanol–water partition coefficient (Wildman–Crippen LogP) is 3.02. The van der Waals surface area contributed by atoms with Gasteiger partial charge in [-0.05, 0) is 46.3 Å². The summed E-state index contributed by atoms with van der Waals surface area (Å²) in [6.45, 7) is 0. The molecular formula is C11H12BrClO3S. The number of rotatable bonds is 3. The molecule has 1 aliphatic rings. The lowest BCUT2D eigenvalue weighted by Crippen LogP contribution is -2.02. The van der Waals surface area contributed by atoms with E-state index in [-0.39, 0.29) is 5.75 Å². The normalized spacial score (nSPS) is 14.8. The topological polar surface area (TPSA) is 43.4 Å². The van der Waals surface area contributed by atoms with Crippen LogP contribution >= 0.6 is 26.6 Å². The molecule has 0 heterocycles. The Kier molecular flexibility index (Phi) is 3.71. The van der Waals surface area contributed by atoms with Crippen molar-refractivity contribution in [2.75, 3.05) is 7.11 Å². The third-order valence-electron chi connectivity index (χ3n) is 2.90. The smallest absolute Gasteiger partial charge is 0.236 e. The fourth-order valence-corrected chi connectivity index (χ4v) is 4.05. The number of hydrogen-bond acceptors (Lipinski definition) is 3. The van der Waals surface area contributed by atoms with Gasteiger partial charge in [0.1, 0.15) is 5.75 Å². The molecule has 1 aliphatic carbocycles. The van der Waals surface area contributed by atoms with Gasteiger partial charge in [-0.25, -0.2) is 8.42 Å². The molecule has 0 saturated heterocycles. The maximum absolute atomic E-state index is 11.2. The van der Waals surface area contributed by atoms with Gasteiger partial charge in [-0.1, -0.05) is 6.07 Å². The van der Waals surface area contributed by atoms with Crippen LogP contribution in [0.15, 0.2) is 10.5 Å². The molecule has 1 aromatic rings. The SMILES string of the molecule is COc1c(CS(=O)(=O)Cl)cc2c(c1Br)CCC2. The zero-order chi connectivity index (χ0) is 12.6. The molecule has 0 saturated carbocycles. The molecule has 0 aromatic heterocycles. The van der Waals surface area contributed by atoms with Gasteiger partial charge in [0.15, 0.2) is 0 Å². The van der Waals surface area contributed by atoms with Gasteiger partial charge in [-0.2, -0.15) is 0 Å². The lowest BCUT2D eigenvalue weighted by atomic mass is 10.1. The standard InChI is InChI=1S/C11H12BrClO3S/c1-16-11-8(6-17(13,14)15)5-7-3-2-4-9(7)10(11)12/h5H,2-4,6H2,1H3. The van der Waals surface area contributed by atoms with Gasteiger partial charge < -0.3 is 4.74 Å². The van der Waals surface area contributed by atoms with E-state index in [0.717, 1.165) is 23.7 Å². The Labute approximate surface area is 114 Å². The van der Waals surface area contributed by atoms with Crippen LogP contribution in [0.25, 0.3) is 0 Å². The number of aryl methyl sites for hydroxylation is 1. The number of fused-ring (bicyclic) bond motifs is 1. The van der Waals surface area contributed by atoms with Crippen LogP contribution in [-0.4, -0.2) is 15.5 Å². The highest BCUT2D eigenvalue weighted by molar-refractivity contribution is 9.10. The second kappa shape index (κ2) is 4.78. The van der Waals surface area contributed by atoms with Gasteiger partial charge in [0.05, 0.1) is 17.3 Å². The number of halogens is 2. The van der Waals surface area contributed by atoms with E-state index < -0.39 is 9.05 Å². The van der Waals surface area contributed by atoms with E-state index in [0.29, 0.717) is 11.3 Å². The van der Waals surface area contributed by atoms with Gasteiger partial charge in [0.2, 0.25) is 9.05 Å². The zero-order valence-corrected chi connectivity index (χ0v) is 12.5. The van der Waals surface area contributed by atoms with Gasteiger partial charge in [-0.15, -0.1) is 0 Å².